The standard InChI is InChI=1S/C13H17BrO4/c1-17-10-7-6-9(12(8-10)18-2)4-3-5-11(14)13(15)16/h6-8,11H,3-5H2,1-2H3,(H,15,16). The molecular weight excluding hydrogens is 300 g/mol. The zero-order chi connectivity index (χ0) is 13.5. The maximum absolute atomic E-state index is 10.7. The number of rotatable bonds is 7. The molecule has 1 atom stereocenters. The smallest absolute Gasteiger partial charge is 0.317 e. The van der Waals surface area contributed by atoms with E-state index in [-0.39, 0.29) is 0 Å². The van der Waals surface area contributed by atoms with Crippen molar-refractivity contribution < 1.29 is 19.4 Å². The van der Waals surface area contributed by atoms with E-state index < -0.39 is 10.8 Å². The monoisotopic (exact) mass is 316 g/mol. The fourth-order valence-corrected chi connectivity index (χ4v) is 1.98. The fourth-order valence-electron chi connectivity index (χ4n) is 1.65. The van der Waals surface area contributed by atoms with E-state index in [1.165, 1.54) is 0 Å². The van der Waals surface area contributed by atoms with Gasteiger partial charge in [-0.05, 0) is 30.9 Å². The van der Waals surface area contributed by atoms with Gasteiger partial charge in [-0.3, -0.25) is 4.79 Å². The van der Waals surface area contributed by atoms with Crippen LogP contribution in [-0.2, 0) is 11.2 Å². The van der Waals surface area contributed by atoms with Crippen LogP contribution in [-0.4, -0.2) is 30.1 Å². The van der Waals surface area contributed by atoms with Crippen LogP contribution in [0.25, 0.3) is 0 Å². The van der Waals surface area contributed by atoms with Gasteiger partial charge < -0.3 is 14.6 Å². The third-order valence-electron chi connectivity index (χ3n) is 2.67. The highest BCUT2D eigenvalue weighted by atomic mass is 79.9. The van der Waals surface area contributed by atoms with Crippen molar-refractivity contribution in [1.29, 1.82) is 0 Å². The lowest BCUT2D eigenvalue weighted by atomic mass is 10.1. The molecule has 0 aliphatic heterocycles. The fraction of sp³-hybridized carbons (Fsp3) is 0.462. The molecule has 0 bridgehead atoms. The topological polar surface area (TPSA) is 55.8 Å². The third kappa shape index (κ3) is 4.22. The number of carboxylic acid groups (broad SMARTS) is 1. The van der Waals surface area contributed by atoms with Crippen molar-refractivity contribution in [1.82, 2.24) is 0 Å². The molecule has 0 aliphatic carbocycles. The number of alkyl halides is 1. The lowest BCUT2D eigenvalue weighted by molar-refractivity contribution is -0.136. The molecule has 0 fully saturated rings. The van der Waals surface area contributed by atoms with Crippen LogP contribution in [0.4, 0.5) is 0 Å². The number of aliphatic carboxylic acids is 1. The Labute approximate surface area is 115 Å². The minimum absolute atomic E-state index is 0.484. The second-order valence-corrected chi connectivity index (χ2v) is 4.98. The summed E-state index contributed by atoms with van der Waals surface area (Å²) in [5.41, 5.74) is 1.06. The van der Waals surface area contributed by atoms with E-state index in [1.54, 1.807) is 14.2 Å². The minimum atomic E-state index is -0.823. The summed E-state index contributed by atoms with van der Waals surface area (Å²) in [6, 6.07) is 5.65. The van der Waals surface area contributed by atoms with Crippen LogP contribution in [0.3, 0.4) is 0 Å². The molecule has 1 aromatic carbocycles. The molecule has 1 aromatic rings. The van der Waals surface area contributed by atoms with Crippen LogP contribution < -0.4 is 9.47 Å². The first-order valence-corrected chi connectivity index (χ1v) is 6.57. The van der Waals surface area contributed by atoms with Crippen molar-refractivity contribution in [2.75, 3.05) is 14.2 Å². The molecule has 1 unspecified atom stereocenters. The number of ether oxygens (including phenoxy) is 2. The van der Waals surface area contributed by atoms with Gasteiger partial charge in [0, 0.05) is 6.07 Å². The van der Waals surface area contributed by atoms with Crippen molar-refractivity contribution in [2.24, 2.45) is 0 Å². The number of methoxy groups -OCH3 is 2. The molecule has 1 rings (SSSR count). The molecular formula is C13H17BrO4. The van der Waals surface area contributed by atoms with Gasteiger partial charge >= 0.3 is 5.97 Å². The normalized spacial score (nSPS) is 11.9. The average molecular weight is 317 g/mol. The number of hydrogen-bond donors (Lipinski definition) is 1. The van der Waals surface area contributed by atoms with Crippen LogP contribution in [0.15, 0.2) is 18.2 Å². The molecule has 0 aromatic heterocycles. The van der Waals surface area contributed by atoms with E-state index in [4.69, 9.17) is 14.6 Å². The highest BCUT2D eigenvalue weighted by Gasteiger charge is 2.13. The predicted octanol–water partition coefficient (Wildman–Crippen LogP) is 2.87. The number of carboxylic acids is 1. The van der Waals surface area contributed by atoms with E-state index in [1.807, 2.05) is 18.2 Å². The first kappa shape index (κ1) is 14.8. The average Bonchev–Trinajstić information content (AvgIpc) is 2.38. The lowest BCUT2D eigenvalue weighted by Crippen LogP contribution is -2.12. The Morgan fingerprint density at radius 3 is 2.67 bits per heavy atom. The highest BCUT2D eigenvalue weighted by molar-refractivity contribution is 9.10. The molecule has 0 amide bonds. The van der Waals surface area contributed by atoms with E-state index in [2.05, 4.69) is 15.9 Å². The Hall–Kier alpha value is -1.23. The van der Waals surface area contributed by atoms with Crippen LogP contribution in [0.1, 0.15) is 18.4 Å². The Morgan fingerprint density at radius 1 is 1.39 bits per heavy atom. The van der Waals surface area contributed by atoms with E-state index >= 15 is 0 Å². The first-order chi connectivity index (χ1) is 8.58. The summed E-state index contributed by atoms with van der Waals surface area (Å²) in [7, 11) is 3.22. The molecule has 0 saturated heterocycles. The summed E-state index contributed by atoms with van der Waals surface area (Å²) >= 11 is 3.12. The van der Waals surface area contributed by atoms with Gasteiger partial charge in [0.05, 0.1) is 14.2 Å². The molecule has 0 spiro atoms. The SMILES string of the molecule is COc1ccc(CCCC(Br)C(=O)O)c(OC)c1. The van der Waals surface area contributed by atoms with Crippen molar-refractivity contribution in [3.63, 3.8) is 0 Å². The van der Waals surface area contributed by atoms with Crippen molar-refractivity contribution >= 4 is 21.9 Å². The molecule has 5 heteroatoms. The zero-order valence-corrected chi connectivity index (χ0v) is 12.1. The van der Waals surface area contributed by atoms with Crippen LogP contribution in [0, 0.1) is 0 Å². The maximum Gasteiger partial charge on any atom is 0.317 e. The number of aryl methyl sites for hydroxylation is 1. The molecule has 100 valence electrons. The summed E-state index contributed by atoms with van der Waals surface area (Å²) in [5.74, 6) is 0.701. The van der Waals surface area contributed by atoms with Gasteiger partial charge in [0.2, 0.25) is 0 Å². The van der Waals surface area contributed by atoms with E-state index in [0.717, 1.165) is 29.9 Å². The van der Waals surface area contributed by atoms with Gasteiger partial charge in [-0.2, -0.15) is 0 Å². The van der Waals surface area contributed by atoms with Crippen molar-refractivity contribution in [2.45, 2.75) is 24.1 Å². The molecule has 4 nitrogen and oxygen atoms in total. The minimum Gasteiger partial charge on any atom is -0.497 e. The summed E-state index contributed by atoms with van der Waals surface area (Å²) in [6.07, 6.45) is 2.15. The molecule has 1 N–H and O–H groups in total. The van der Waals surface area contributed by atoms with Gasteiger partial charge in [-0.1, -0.05) is 22.0 Å². The van der Waals surface area contributed by atoms with E-state index in [0.29, 0.717) is 6.42 Å². The third-order valence-corrected chi connectivity index (χ3v) is 3.52. The quantitative estimate of drug-likeness (QED) is 0.786. The van der Waals surface area contributed by atoms with Crippen molar-refractivity contribution in [3.8, 4) is 11.5 Å². The highest BCUT2D eigenvalue weighted by Crippen LogP contribution is 2.26. The van der Waals surface area contributed by atoms with Gasteiger partial charge in [0.25, 0.3) is 0 Å². The molecule has 0 saturated carbocycles. The summed E-state index contributed by atoms with van der Waals surface area (Å²) in [6.45, 7) is 0. The Morgan fingerprint density at radius 2 is 2.11 bits per heavy atom. The number of benzene rings is 1. The molecule has 0 radical (unpaired) electrons. The van der Waals surface area contributed by atoms with Gasteiger partial charge in [-0.25, -0.2) is 0 Å². The van der Waals surface area contributed by atoms with Crippen molar-refractivity contribution in [3.05, 3.63) is 23.8 Å². The summed E-state index contributed by atoms with van der Waals surface area (Å²) < 4.78 is 10.4. The largest absolute Gasteiger partial charge is 0.497 e. The van der Waals surface area contributed by atoms with Crippen LogP contribution in [0.2, 0.25) is 0 Å². The molecule has 18 heavy (non-hydrogen) atoms. The Balaban J connectivity index is 2.59. The van der Waals surface area contributed by atoms with Crippen LogP contribution >= 0.6 is 15.9 Å². The molecule has 0 heterocycles. The summed E-state index contributed by atoms with van der Waals surface area (Å²) in [5, 5.41) is 8.76. The first-order valence-electron chi connectivity index (χ1n) is 5.66. The van der Waals surface area contributed by atoms with E-state index in [9.17, 15) is 4.79 Å². The molecule has 0 aliphatic rings. The zero-order valence-electron chi connectivity index (χ0n) is 10.5. The lowest BCUT2D eigenvalue weighted by Gasteiger charge is -2.10. The van der Waals surface area contributed by atoms with Gasteiger partial charge in [-0.15, -0.1) is 0 Å². The number of halogens is 1. The Bertz CT molecular complexity index is 406. The van der Waals surface area contributed by atoms with Gasteiger partial charge in [0.1, 0.15) is 16.3 Å². The maximum atomic E-state index is 10.7. The second-order valence-electron chi connectivity index (χ2n) is 3.88. The van der Waals surface area contributed by atoms with Gasteiger partial charge in [0.15, 0.2) is 0 Å². The second kappa shape index (κ2) is 7.26. The number of carbonyl (C=O) groups is 1. The summed E-state index contributed by atoms with van der Waals surface area (Å²) in [4.78, 5) is 10.2. The number of hydrogen-bond acceptors (Lipinski definition) is 3. The van der Waals surface area contributed by atoms with Crippen LogP contribution in [0.5, 0.6) is 11.5 Å². The Kier molecular flexibility index (Phi) is 5.98. The predicted molar refractivity (Wildman–Crippen MR) is 72.8 cm³/mol.